The third-order valence-corrected chi connectivity index (χ3v) is 3.96. The first-order chi connectivity index (χ1) is 11.2. The first-order valence-electron chi connectivity index (χ1n) is 7.01. The average Bonchev–Trinajstić information content (AvgIpc) is 2.56. The zero-order valence-electron chi connectivity index (χ0n) is 12.1. The van der Waals surface area contributed by atoms with Crippen LogP contribution in [0.15, 0.2) is 46.9 Å². The van der Waals surface area contributed by atoms with Crippen LogP contribution in [0.3, 0.4) is 0 Å². The molecule has 1 aromatic heterocycles. The van der Waals surface area contributed by atoms with Crippen molar-refractivity contribution in [2.75, 3.05) is 6.61 Å². The Morgan fingerprint density at radius 1 is 1.13 bits per heavy atom. The van der Waals surface area contributed by atoms with Crippen LogP contribution in [0.5, 0.6) is 0 Å². The molecular weight excluding hydrogens is 376 g/mol. The number of hydrogen-bond donors (Lipinski definition) is 1. The van der Waals surface area contributed by atoms with Gasteiger partial charge in [0.15, 0.2) is 5.82 Å². The van der Waals surface area contributed by atoms with Gasteiger partial charge in [-0.3, -0.25) is 0 Å². The molecule has 0 amide bonds. The predicted molar refractivity (Wildman–Crippen MR) is 96.3 cm³/mol. The van der Waals surface area contributed by atoms with Gasteiger partial charge in [0.1, 0.15) is 5.15 Å². The van der Waals surface area contributed by atoms with Crippen LogP contribution in [-0.2, 0) is 0 Å². The molecule has 0 saturated carbocycles. The Morgan fingerprint density at radius 3 is 2.65 bits per heavy atom. The number of nitrogens with zero attached hydrogens (tertiary/aromatic N) is 2. The molecule has 0 fully saturated rings. The smallest absolute Gasteiger partial charge is 0.161 e. The minimum Gasteiger partial charge on any atom is -0.395 e. The van der Waals surface area contributed by atoms with E-state index in [1.165, 1.54) is 0 Å². The third-order valence-electron chi connectivity index (χ3n) is 3.21. The van der Waals surface area contributed by atoms with E-state index in [4.69, 9.17) is 16.7 Å². The molecule has 114 valence electrons. The molecule has 0 saturated heterocycles. The Balaban J connectivity index is 2.24. The van der Waals surface area contributed by atoms with Crippen molar-refractivity contribution in [1.82, 2.24) is 9.97 Å². The van der Waals surface area contributed by atoms with Crippen LogP contribution in [0, 0.1) is 11.8 Å². The summed E-state index contributed by atoms with van der Waals surface area (Å²) < 4.78 is 0.858. The Bertz CT molecular complexity index is 917. The second-order valence-corrected chi connectivity index (χ2v) is 6.10. The van der Waals surface area contributed by atoms with Gasteiger partial charge in [0, 0.05) is 21.8 Å². The van der Waals surface area contributed by atoms with E-state index in [-0.39, 0.29) is 6.61 Å². The highest BCUT2D eigenvalue weighted by atomic mass is 79.9. The van der Waals surface area contributed by atoms with Crippen molar-refractivity contribution in [2.24, 2.45) is 0 Å². The van der Waals surface area contributed by atoms with Crippen molar-refractivity contribution in [3.63, 3.8) is 0 Å². The number of rotatable bonds is 2. The average molecular weight is 388 g/mol. The quantitative estimate of drug-likeness (QED) is 0.522. The molecule has 1 heterocycles. The van der Waals surface area contributed by atoms with Crippen molar-refractivity contribution in [2.45, 2.75) is 6.42 Å². The summed E-state index contributed by atoms with van der Waals surface area (Å²) in [7, 11) is 0. The summed E-state index contributed by atoms with van der Waals surface area (Å²) in [6, 6.07) is 13.4. The molecule has 3 nitrogen and oxygen atoms in total. The number of aromatic nitrogens is 2. The Morgan fingerprint density at radius 2 is 1.91 bits per heavy atom. The Hall–Kier alpha value is -1.93. The van der Waals surface area contributed by atoms with E-state index in [1.54, 1.807) is 0 Å². The van der Waals surface area contributed by atoms with Crippen LogP contribution in [0.1, 0.15) is 12.0 Å². The Labute approximate surface area is 147 Å². The summed E-state index contributed by atoms with van der Waals surface area (Å²) in [6.07, 6.45) is 0.415. The number of hydrogen-bond acceptors (Lipinski definition) is 3. The first kappa shape index (κ1) is 15.9. The lowest BCUT2D eigenvalue weighted by Crippen LogP contribution is -1.94. The lowest BCUT2D eigenvalue weighted by molar-refractivity contribution is 0.305. The summed E-state index contributed by atoms with van der Waals surface area (Å²) >= 11 is 9.82. The minimum absolute atomic E-state index is 0.0317. The van der Waals surface area contributed by atoms with Crippen molar-refractivity contribution < 1.29 is 5.11 Å². The lowest BCUT2D eigenvalue weighted by Gasteiger charge is -2.07. The summed E-state index contributed by atoms with van der Waals surface area (Å²) in [5.74, 6) is 6.54. The van der Waals surface area contributed by atoms with Crippen LogP contribution < -0.4 is 0 Å². The monoisotopic (exact) mass is 386 g/mol. The third kappa shape index (κ3) is 3.53. The molecular formula is C18H12BrClN2O. The van der Waals surface area contributed by atoms with Crippen molar-refractivity contribution in [1.29, 1.82) is 0 Å². The van der Waals surface area contributed by atoms with Gasteiger partial charge in [0.2, 0.25) is 0 Å². The SMILES string of the molecule is OCCC#Cc1cc(Br)cc2c(Cl)nc(-c3ccccc3)nc12. The minimum atomic E-state index is 0.0317. The van der Waals surface area contributed by atoms with E-state index in [1.807, 2.05) is 42.5 Å². The molecule has 0 bridgehead atoms. The highest BCUT2D eigenvalue weighted by molar-refractivity contribution is 9.10. The number of fused-ring (bicyclic) bond motifs is 1. The topological polar surface area (TPSA) is 46.0 Å². The highest BCUT2D eigenvalue weighted by Crippen LogP contribution is 2.29. The van der Waals surface area contributed by atoms with Gasteiger partial charge in [0.05, 0.1) is 17.7 Å². The largest absolute Gasteiger partial charge is 0.395 e. The molecule has 2 aromatic carbocycles. The Kier molecular flexibility index (Phi) is 4.92. The van der Waals surface area contributed by atoms with E-state index in [0.29, 0.717) is 22.9 Å². The highest BCUT2D eigenvalue weighted by Gasteiger charge is 2.11. The van der Waals surface area contributed by atoms with Gasteiger partial charge < -0.3 is 5.11 Å². The molecule has 5 heteroatoms. The molecule has 0 aliphatic rings. The number of benzene rings is 2. The predicted octanol–water partition coefficient (Wildman–Crippen LogP) is 4.45. The van der Waals surface area contributed by atoms with Gasteiger partial charge in [-0.15, -0.1) is 0 Å². The summed E-state index contributed by atoms with van der Waals surface area (Å²) in [5.41, 5.74) is 2.36. The number of halogens is 2. The van der Waals surface area contributed by atoms with Gasteiger partial charge in [-0.25, -0.2) is 9.97 Å². The summed E-state index contributed by atoms with van der Waals surface area (Å²) in [4.78, 5) is 9.04. The molecule has 0 spiro atoms. The van der Waals surface area contributed by atoms with E-state index in [2.05, 4.69) is 37.7 Å². The van der Waals surface area contributed by atoms with Gasteiger partial charge in [-0.05, 0) is 12.1 Å². The van der Waals surface area contributed by atoms with Crippen LogP contribution in [0.4, 0.5) is 0 Å². The van der Waals surface area contributed by atoms with Gasteiger partial charge in [-0.2, -0.15) is 0 Å². The molecule has 0 radical (unpaired) electrons. The van der Waals surface area contributed by atoms with Crippen LogP contribution in [0.2, 0.25) is 5.15 Å². The fourth-order valence-electron chi connectivity index (χ4n) is 2.19. The maximum atomic E-state index is 8.89. The molecule has 3 rings (SSSR count). The van der Waals surface area contributed by atoms with Crippen molar-refractivity contribution in [3.05, 3.63) is 57.7 Å². The van der Waals surface area contributed by atoms with Gasteiger partial charge >= 0.3 is 0 Å². The summed E-state index contributed by atoms with van der Waals surface area (Å²) in [5, 5.41) is 10.0. The second kappa shape index (κ2) is 7.10. The molecule has 3 aromatic rings. The molecule has 0 aliphatic heterocycles. The van der Waals surface area contributed by atoms with Gasteiger partial charge in [0.25, 0.3) is 0 Å². The fourth-order valence-corrected chi connectivity index (χ4v) is 2.87. The lowest BCUT2D eigenvalue weighted by atomic mass is 10.1. The fraction of sp³-hybridized carbons (Fsp3) is 0.111. The van der Waals surface area contributed by atoms with E-state index < -0.39 is 0 Å². The van der Waals surface area contributed by atoms with Crippen LogP contribution >= 0.6 is 27.5 Å². The van der Waals surface area contributed by atoms with E-state index in [9.17, 15) is 0 Å². The standard InChI is InChI=1S/C18H12BrClN2O/c19-14-10-13(8-4-5-9-23)16-15(11-14)17(20)22-18(21-16)12-6-2-1-3-7-12/h1-3,6-7,10-11,23H,5,9H2. The zero-order valence-corrected chi connectivity index (χ0v) is 14.4. The second-order valence-electron chi connectivity index (χ2n) is 4.83. The molecule has 23 heavy (non-hydrogen) atoms. The van der Waals surface area contributed by atoms with Crippen LogP contribution in [0.25, 0.3) is 22.3 Å². The number of aliphatic hydroxyl groups is 1. The molecule has 0 atom stereocenters. The van der Waals surface area contributed by atoms with Gasteiger partial charge in [-0.1, -0.05) is 69.7 Å². The normalized spacial score (nSPS) is 10.4. The van der Waals surface area contributed by atoms with Crippen LogP contribution in [-0.4, -0.2) is 21.7 Å². The molecule has 0 aliphatic carbocycles. The van der Waals surface area contributed by atoms with Crippen molar-refractivity contribution in [3.8, 4) is 23.2 Å². The number of aliphatic hydroxyl groups excluding tert-OH is 1. The molecule has 0 unspecified atom stereocenters. The maximum Gasteiger partial charge on any atom is 0.161 e. The maximum absolute atomic E-state index is 8.89. The molecule has 1 N–H and O–H groups in total. The summed E-state index contributed by atoms with van der Waals surface area (Å²) in [6.45, 7) is 0.0317. The first-order valence-corrected chi connectivity index (χ1v) is 8.18. The van der Waals surface area contributed by atoms with E-state index in [0.717, 1.165) is 21.0 Å². The van der Waals surface area contributed by atoms with E-state index >= 15 is 0 Å². The van der Waals surface area contributed by atoms with Crippen molar-refractivity contribution >= 4 is 38.4 Å². The zero-order chi connectivity index (χ0) is 16.2.